The van der Waals surface area contributed by atoms with E-state index in [1.807, 2.05) is 0 Å². The van der Waals surface area contributed by atoms with Crippen molar-refractivity contribution in [3.8, 4) is 28.3 Å². The zero-order valence-corrected chi connectivity index (χ0v) is 20.6. The molecule has 0 radical (unpaired) electrons. The second-order valence-corrected chi connectivity index (χ2v) is 9.83. The molecule has 0 atom stereocenters. The molecular formula is C26H20F2N6O3S. The Labute approximate surface area is 216 Å². The van der Waals surface area contributed by atoms with E-state index < -0.39 is 26.6 Å². The van der Waals surface area contributed by atoms with Crippen LogP contribution in [-0.2, 0) is 10.0 Å². The largest absolute Gasteiger partial charge is 0.494 e. The zero-order valence-electron chi connectivity index (χ0n) is 19.8. The number of rotatable bonds is 6. The van der Waals surface area contributed by atoms with Crippen molar-refractivity contribution in [1.82, 2.24) is 15.0 Å². The van der Waals surface area contributed by atoms with Gasteiger partial charge < -0.3 is 16.2 Å². The van der Waals surface area contributed by atoms with Crippen molar-refractivity contribution >= 4 is 38.2 Å². The summed E-state index contributed by atoms with van der Waals surface area (Å²) in [5.74, 6) is -0.806. The summed E-state index contributed by atoms with van der Waals surface area (Å²) in [7, 11) is -2.97. The van der Waals surface area contributed by atoms with Crippen LogP contribution in [0.4, 0.5) is 26.1 Å². The Hall–Kier alpha value is -4.84. The van der Waals surface area contributed by atoms with Gasteiger partial charge in [-0.3, -0.25) is 4.72 Å². The number of nitrogen functional groups attached to an aromatic ring is 2. The Kier molecular flexibility index (Phi) is 6.25. The number of nitrogens with zero attached hydrogens (tertiary/aromatic N) is 3. The van der Waals surface area contributed by atoms with E-state index in [1.165, 1.54) is 43.6 Å². The summed E-state index contributed by atoms with van der Waals surface area (Å²) in [6, 6.07) is 15.4. The molecule has 0 aliphatic heterocycles. The third kappa shape index (κ3) is 4.52. The minimum absolute atomic E-state index is 0.0464. The Morgan fingerprint density at radius 3 is 2.42 bits per heavy atom. The summed E-state index contributed by atoms with van der Waals surface area (Å²) in [5, 5.41) is 0.392. The van der Waals surface area contributed by atoms with E-state index in [9.17, 15) is 12.8 Å². The first-order valence-corrected chi connectivity index (χ1v) is 12.6. The van der Waals surface area contributed by atoms with E-state index in [1.54, 1.807) is 24.3 Å². The molecule has 0 fully saturated rings. The number of anilines is 3. The van der Waals surface area contributed by atoms with Gasteiger partial charge in [-0.05, 0) is 48.0 Å². The smallest absolute Gasteiger partial charge is 0.264 e. The summed E-state index contributed by atoms with van der Waals surface area (Å²) in [5.41, 5.74) is 12.9. The van der Waals surface area contributed by atoms with E-state index in [-0.39, 0.29) is 22.8 Å². The fourth-order valence-corrected chi connectivity index (χ4v) is 5.04. The van der Waals surface area contributed by atoms with Gasteiger partial charge in [0, 0.05) is 22.7 Å². The Morgan fingerprint density at radius 1 is 0.921 bits per heavy atom. The summed E-state index contributed by atoms with van der Waals surface area (Å²) >= 11 is 0. The van der Waals surface area contributed by atoms with Crippen molar-refractivity contribution in [2.24, 2.45) is 0 Å². The van der Waals surface area contributed by atoms with E-state index in [4.69, 9.17) is 16.2 Å². The molecule has 0 saturated carbocycles. The second-order valence-electron chi connectivity index (χ2n) is 8.18. The molecule has 0 amide bonds. The quantitative estimate of drug-likeness (QED) is 0.286. The predicted octanol–water partition coefficient (Wildman–Crippen LogP) is 4.61. The molecule has 0 spiro atoms. The number of halogens is 2. The van der Waals surface area contributed by atoms with Crippen LogP contribution < -0.4 is 20.9 Å². The van der Waals surface area contributed by atoms with Gasteiger partial charge in [-0.2, -0.15) is 0 Å². The topological polar surface area (TPSA) is 146 Å². The van der Waals surface area contributed by atoms with Gasteiger partial charge in [-0.25, -0.2) is 32.2 Å². The van der Waals surface area contributed by atoms with Gasteiger partial charge in [0.15, 0.2) is 11.6 Å². The number of nitrogens with one attached hydrogen (secondary N) is 1. The molecular weight excluding hydrogens is 514 g/mol. The number of nitrogens with two attached hydrogens (primary N) is 2. The molecule has 2 heterocycles. The fraction of sp³-hybridized carbons (Fsp3) is 0.0385. The maximum Gasteiger partial charge on any atom is 0.264 e. The van der Waals surface area contributed by atoms with E-state index in [0.717, 1.165) is 12.1 Å². The average molecular weight is 535 g/mol. The van der Waals surface area contributed by atoms with Crippen molar-refractivity contribution in [1.29, 1.82) is 0 Å². The van der Waals surface area contributed by atoms with Gasteiger partial charge in [-0.1, -0.05) is 24.3 Å². The van der Waals surface area contributed by atoms with Crippen LogP contribution >= 0.6 is 0 Å². The number of pyridine rings is 1. The highest BCUT2D eigenvalue weighted by Crippen LogP contribution is 2.37. The summed E-state index contributed by atoms with van der Waals surface area (Å²) in [4.78, 5) is 12.3. The lowest BCUT2D eigenvalue weighted by Gasteiger charge is -2.14. The highest BCUT2D eigenvalue weighted by molar-refractivity contribution is 7.92. The molecule has 5 N–H and O–H groups in total. The second kappa shape index (κ2) is 9.56. The Balaban J connectivity index is 1.59. The molecule has 192 valence electrons. The fourth-order valence-electron chi connectivity index (χ4n) is 3.90. The molecule has 5 aromatic rings. The van der Waals surface area contributed by atoms with Crippen LogP contribution in [0.25, 0.3) is 33.4 Å². The standard InChI is InChI=1S/C26H20F2N6O3S/c1-37-20-12-15(11-17-24(20)32-26(33-25(17)30)14-9-10-22(29)31-13-14)16-5-4-7-19(23(16)28)34-38(35,36)21-8-3-2-6-18(21)27/h2-13,34H,1H3,(H2,29,31)(H2,30,32,33). The number of hydrogen-bond acceptors (Lipinski definition) is 8. The lowest BCUT2D eigenvalue weighted by molar-refractivity contribution is 0.419. The Morgan fingerprint density at radius 2 is 1.71 bits per heavy atom. The lowest BCUT2D eigenvalue weighted by atomic mass is 10.0. The van der Waals surface area contributed by atoms with Gasteiger partial charge in [0.2, 0.25) is 0 Å². The van der Waals surface area contributed by atoms with Gasteiger partial charge in [0.05, 0.1) is 12.8 Å². The number of benzene rings is 3. The Bertz CT molecular complexity index is 1800. The van der Waals surface area contributed by atoms with Gasteiger partial charge in [0.1, 0.15) is 33.6 Å². The van der Waals surface area contributed by atoms with Crippen molar-refractivity contribution in [2.45, 2.75) is 4.90 Å². The summed E-state index contributed by atoms with van der Waals surface area (Å²) in [6.07, 6.45) is 1.51. The molecule has 38 heavy (non-hydrogen) atoms. The molecule has 12 heteroatoms. The van der Waals surface area contributed by atoms with E-state index >= 15 is 4.39 Å². The third-order valence-electron chi connectivity index (χ3n) is 5.74. The number of sulfonamides is 1. The van der Waals surface area contributed by atoms with Gasteiger partial charge in [0.25, 0.3) is 10.0 Å². The van der Waals surface area contributed by atoms with Crippen LogP contribution in [0.15, 0.2) is 77.8 Å². The van der Waals surface area contributed by atoms with Crippen LogP contribution in [0.1, 0.15) is 0 Å². The average Bonchev–Trinajstić information content (AvgIpc) is 2.90. The number of hydrogen-bond donors (Lipinski definition) is 3. The van der Waals surface area contributed by atoms with Gasteiger partial charge in [-0.15, -0.1) is 0 Å². The predicted molar refractivity (Wildman–Crippen MR) is 141 cm³/mol. The lowest BCUT2D eigenvalue weighted by Crippen LogP contribution is -2.15. The zero-order chi connectivity index (χ0) is 27.0. The summed E-state index contributed by atoms with van der Waals surface area (Å²) < 4.78 is 62.8. The molecule has 0 bridgehead atoms. The molecule has 2 aromatic heterocycles. The number of ether oxygens (including phenoxy) is 1. The first-order valence-electron chi connectivity index (χ1n) is 11.1. The van der Waals surface area contributed by atoms with Gasteiger partial charge >= 0.3 is 0 Å². The van der Waals surface area contributed by atoms with Crippen LogP contribution in [0, 0.1) is 11.6 Å². The van der Waals surface area contributed by atoms with Crippen molar-refractivity contribution in [2.75, 3.05) is 23.3 Å². The highest BCUT2D eigenvalue weighted by Gasteiger charge is 2.22. The molecule has 0 saturated heterocycles. The SMILES string of the molecule is COc1cc(-c2cccc(NS(=O)(=O)c3ccccc3F)c2F)cc2c(N)nc(-c3ccc(N)nc3)nc12. The molecule has 0 aliphatic rings. The van der Waals surface area contributed by atoms with E-state index in [2.05, 4.69) is 19.7 Å². The minimum atomic E-state index is -4.40. The first kappa shape index (κ1) is 24.8. The van der Waals surface area contributed by atoms with E-state index in [0.29, 0.717) is 33.7 Å². The normalized spacial score (nSPS) is 11.4. The maximum absolute atomic E-state index is 15.6. The monoisotopic (exact) mass is 534 g/mol. The van der Waals surface area contributed by atoms with Crippen molar-refractivity contribution in [3.63, 3.8) is 0 Å². The van der Waals surface area contributed by atoms with Crippen molar-refractivity contribution < 1.29 is 21.9 Å². The van der Waals surface area contributed by atoms with Crippen LogP contribution in [0.2, 0.25) is 0 Å². The number of aromatic nitrogens is 3. The molecule has 3 aromatic carbocycles. The maximum atomic E-state index is 15.6. The third-order valence-corrected chi connectivity index (χ3v) is 7.14. The van der Waals surface area contributed by atoms with Crippen LogP contribution in [0.5, 0.6) is 5.75 Å². The van der Waals surface area contributed by atoms with Crippen LogP contribution in [-0.4, -0.2) is 30.5 Å². The molecule has 0 unspecified atom stereocenters. The highest BCUT2D eigenvalue weighted by atomic mass is 32.2. The number of methoxy groups -OCH3 is 1. The van der Waals surface area contributed by atoms with Crippen molar-refractivity contribution in [3.05, 3.63) is 84.6 Å². The molecule has 5 rings (SSSR count). The number of fused-ring (bicyclic) bond motifs is 1. The minimum Gasteiger partial charge on any atom is -0.494 e. The summed E-state index contributed by atoms with van der Waals surface area (Å²) in [6.45, 7) is 0. The first-order chi connectivity index (χ1) is 18.2. The van der Waals surface area contributed by atoms with Crippen LogP contribution in [0.3, 0.4) is 0 Å². The molecule has 9 nitrogen and oxygen atoms in total. The molecule has 0 aliphatic carbocycles.